The van der Waals surface area contributed by atoms with Gasteiger partial charge in [0.1, 0.15) is 11.3 Å². The third kappa shape index (κ3) is 3.85. The topological polar surface area (TPSA) is 45.5 Å². The lowest BCUT2D eigenvalue weighted by Gasteiger charge is -2.24. The first-order valence-corrected chi connectivity index (χ1v) is 7.38. The Kier molecular flexibility index (Phi) is 4.68. The zero-order valence-electron chi connectivity index (χ0n) is 13.4. The fourth-order valence-corrected chi connectivity index (χ4v) is 2.25. The Labute approximate surface area is 126 Å². The Morgan fingerprint density at radius 2 is 2.00 bits per heavy atom. The molecule has 2 rings (SSSR count). The lowest BCUT2D eigenvalue weighted by Crippen LogP contribution is -2.35. The van der Waals surface area contributed by atoms with Crippen molar-refractivity contribution in [2.24, 2.45) is 5.92 Å². The summed E-state index contributed by atoms with van der Waals surface area (Å²) >= 11 is 0. The van der Waals surface area contributed by atoms with Gasteiger partial charge in [0, 0.05) is 29.6 Å². The third-order valence-electron chi connectivity index (χ3n) is 3.80. The van der Waals surface area contributed by atoms with E-state index >= 15 is 0 Å². The fourth-order valence-electron chi connectivity index (χ4n) is 2.25. The summed E-state index contributed by atoms with van der Waals surface area (Å²) in [5, 5.41) is 3.99. The number of benzene rings is 1. The number of amides is 1. The molecule has 1 N–H and O–H groups in total. The maximum absolute atomic E-state index is 12.3. The van der Waals surface area contributed by atoms with E-state index in [2.05, 4.69) is 24.1 Å². The van der Waals surface area contributed by atoms with Crippen molar-refractivity contribution in [3.05, 3.63) is 30.0 Å². The lowest BCUT2D eigenvalue weighted by atomic mass is 10.1. The molecule has 1 aromatic carbocycles. The van der Waals surface area contributed by atoms with Crippen molar-refractivity contribution in [1.82, 2.24) is 4.90 Å². The highest BCUT2D eigenvalue weighted by Crippen LogP contribution is 2.23. The zero-order chi connectivity index (χ0) is 15.6. The predicted molar refractivity (Wildman–Crippen MR) is 86.5 cm³/mol. The number of fused-ring (bicyclic) bond motifs is 1. The van der Waals surface area contributed by atoms with Gasteiger partial charge in [0.05, 0.1) is 0 Å². The number of carbonyl (C=O) groups excluding carboxylic acids is 1. The van der Waals surface area contributed by atoms with Gasteiger partial charge in [-0.1, -0.05) is 6.92 Å². The van der Waals surface area contributed by atoms with Crippen LogP contribution in [0.1, 0.15) is 26.5 Å². The van der Waals surface area contributed by atoms with E-state index in [1.54, 1.807) is 0 Å². The molecule has 2 aromatic rings. The molecule has 0 aliphatic rings. The van der Waals surface area contributed by atoms with Crippen LogP contribution in [0, 0.1) is 12.8 Å². The normalized spacial score (nSPS) is 13.1. The van der Waals surface area contributed by atoms with Gasteiger partial charge in [-0.2, -0.15) is 0 Å². The smallest absolute Gasteiger partial charge is 0.228 e. The molecule has 4 heteroatoms. The molecule has 1 heterocycles. The van der Waals surface area contributed by atoms with Gasteiger partial charge in [0.25, 0.3) is 0 Å². The van der Waals surface area contributed by atoms with Crippen LogP contribution >= 0.6 is 0 Å². The van der Waals surface area contributed by atoms with Crippen molar-refractivity contribution >= 4 is 22.6 Å². The Bertz CT molecular complexity index is 631. The SMILES string of the molecule is Cc1cc2cc(NC(=O)C(C)CN(C)C(C)C)ccc2o1. The summed E-state index contributed by atoms with van der Waals surface area (Å²) in [6.45, 7) is 8.87. The fraction of sp³-hybridized carbons (Fsp3) is 0.471. The van der Waals surface area contributed by atoms with Crippen LogP contribution in [0.5, 0.6) is 0 Å². The Morgan fingerprint density at radius 1 is 1.29 bits per heavy atom. The molecule has 1 aromatic heterocycles. The van der Waals surface area contributed by atoms with Crippen LogP contribution in [0.15, 0.2) is 28.7 Å². The summed E-state index contributed by atoms with van der Waals surface area (Å²) < 4.78 is 5.53. The second-order valence-electron chi connectivity index (χ2n) is 6.03. The van der Waals surface area contributed by atoms with Crippen LogP contribution in [0.4, 0.5) is 5.69 Å². The van der Waals surface area contributed by atoms with E-state index in [4.69, 9.17) is 4.42 Å². The number of nitrogens with zero attached hydrogens (tertiary/aromatic N) is 1. The number of carbonyl (C=O) groups is 1. The number of hydrogen-bond donors (Lipinski definition) is 1. The highest BCUT2D eigenvalue weighted by atomic mass is 16.3. The number of aryl methyl sites for hydroxylation is 1. The van der Waals surface area contributed by atoms with Gasteiger partial charge < -0.3 is 14.6 Å². The number of anilines is 1. The van der Waals surface area contributed by atoms with Crippen molar-refractivity contribution in [3.63, 3.8) is 0 Å². The minimum Gasteiger partial charge on any atom is -0.461 e. The standard InChI is InChI=1S/C17H24N2O2/c1-11(2)19(5)10-12(3)17(20)18-15-6-7-16-14(9-15)8-13(4)21-16/h6-9,11-12H,10H2,1-5H3,(H,18,20). The molecule has 1 unspecified atom stereocenters. The van der Waals surface area contributed by atoms with Crippen LogP contribution in [-0.2, 0) is 4.79 Å². The average molecular weight is 288 g/mol. The van der Waals surface area contributed by atoms with E-state index in [-0.39, 0.29) is 11.8 Å². The van der Waals surface area contributed by atoms with Crippen molar-refractivity contribution in [1.29, 1.82) is 0 Å². The Morgan fingerprint density at radius 3 is 2.67 bits per heavy atom. The van der Waals surface area contributed by atoms with Crippen LogP contribution in [-0.4, -0.2) is 30.4 Å². The van der Waals surface area contributed by atoms with Crippen LogP contribution in [0.2, 0.25) is 0 Å². The molecule has 0 aliphatic carbocycles. The maximum Gasteiger partial charge on any atom is 0.228 e. The van der Waals surface area contributed by atoms with Crippen molar-refractivity contribution < 1.29 is 9.21 Å². The number of furan rings is 1. The highest BCUT2D eigenvalue weighted by molar-refractivity contribution is 5.94. The zero-order valence-corrected chi connectivity index (χ0v) is 13.4. The molecule has 4 nitrogen and oxygen atoms in total. The Hall–Kier alpha value is -1.81. The van der Waals surface area contributed by atoms with Crippen LogP contribution in [0.25, 0.3) is 11.0 Å². The summed E-state index contributed by atoms with van der Waals surface area (Å²) in [7, 11) is 2.04. The molecule has 1 amide bonds. The molecule has 0 fully saturated rings. The third-order valence-corrected chi connectivity index (χ3v) is 3.80. The molecular formula is C17H24N2O2. The van der Waals surface area contributed by atoms with Gasteiger partial charge in [-0.3, -0.25) is 4.79 Å². The van der Waals surface area contributed by atoms with Crippen molar-refractivity contribution in [2.75, 3.05) is 18.9 Å². The molecule has 0 saturated carbocycles. The Balaban J connectivity index is 2.03. The summed E-state index contributed by atoms with van der Waals surface area (Å²) in [6.07, 6.45) is 0. The van der Waals surface area contributed by atoms with E-state index in [1.165, 1.54) is 0 Å². The largest absolute Gasteiger partial charge is 0.461 e. The highest BCUT2D eigenvalue weighted by Gasteiger charge is 2.17. The number of rotatable bonds is 5. The molecule has 0 bridgehead atoms. The lowest BCUT2D eigenvalue weighted by molar-refractivity contribution is -0.119. The second kappa shape index (κ2) is 6.31. The summed E-state index contributed by atoms with van der Waals surface area (Å²) in [5.74, 6) is 0.863. The van der Waals surface area contributed by atoms with E-state index in [0.29, 0.717) is 6.04 Å². The van der Waals surface area contributed by atoms with Crippen LogP contribution in [0.3, 0.4) is 0 Å². The molecule has 0 spiro atoms. The summed E-state index contributed by atoms with van der Waals surface area (Å²) in [4.78, 5) is 14.4. The molecule has 0 radical (unpaired) electrons. The van der Waals surface area contributed by atoms with Crippen LogP contribution < -0.4 is 5.32 Å². The van der Waals surface area contributed by atoms with Crippen molar-refractivity contribution in [2.45, 2.75) is 33.7 Å². The quantitative estimate of drug-likeness (QED) is 0.913. The van der Waals surface area contributed by atoms with Gasteiger partial charge >= 0.3 is 0 Å². The predicted octanol–water partition coefficient (Wildman–Crippen LogP) is 3.66. The summed E-state index contributed by atoms with van der Waals surface area (Å²) in [5.41, 5.74) is 1.66. The molecule has 114 valence electrons. The van der Waals surface area contributed by atoms with E-state index in [1.807, 2.05) is 45.2 Å². The van der Waals surface area contributed by atoms with Gasteiger partial charge in [0.15, 0.2) is 0 Å². The first kappa shape index (κ1) is 15.6. The second-order valence-corrected chi connectivity index (χ2v) is 6.03. The molecule has 1 atom stereocenters. The molecule has 0 aliphatic heterocycles. The minimum absolute atomic E-state index is 0.0436. The monoisotopic (exact) mass is 288 g/mol. The first-order chi connectivity index (χ1) is 9.86. The summed E-state index contributed by atoms with van der Waals surface area (Å²) in [6, 6.07) is 8.12. The van der Waals surface area contributed by atoms with E-state index in [0.717, 1.165) is 29.0 Å². The first-order valence-electron chi connectivity index (χ1n) is 7.38. The average Bonchev–Trinajstić information content (AvgIpc) is 2.77. The van der Waals surface area contributed by atoms with Gasteiger partial charge in [-0.05, 0) is 52.1 Å². The van der Waals surface area contributed by atoms with Gasteiger partial charge in [-0.15, -0.1) is 0 Å². The molecule has 0 saturated heterocycles. The maximum atomic E-state index is 12.3. The molecule has 21 heavy (non-hydrogen) atoms. The van der Waals surface area contributed by atoms with Gasteiger partial charge in [0.2, 0.25) is 5.91 Å². The number of hydrogen-bond acceptors (Lipinski definition) is 3. The molecular weight excluding hydrogens is 264 g/mol. The number of nitrogens with one attached hydrogen (secondary N) is 1. The van der Waals surface area contributed by atoms with E-state index in [9.17, 15) is 4.79 Å². The van der Waals surface area contributed by atoms with Crippen molar-refractivity contribution in [3.8, 4) is 0 Å². The van der Waals surface area contributed by atoms with E-state index < -0.39 is 0 Å². The van der Waals surface area contributed by atoms with Gasteiger partial charge in [-0.25, -0.2) is 0 Å². The minimum atomic E-state index is -0.0563.